The molecule has 0 aromatic heterocycles. The average molecular weight is 408 g/mol. The molecule has 30 heavy (non-hydrogen) atoms. The van der Waals surface area contributed by atoms with Crippen molar-refractivity contribution in [3.63, 3.8) is 0 Å². The van der Waals surface area contributed by atoms with Gasteiger partial charge in [0.1, 0.15) is 11.4 Å². The maximum Gasteiger partial charge on any atom is 0.321 e. The largest absolute Gasteiger partial charge is 0.487 e. The number of nitrogens with one attached hydrogen (secondary N) is 1. The van der Waals surface area contributed by atoms with Crippen LogP contribution in [0.5, 0.6) is 5.75 Å². The molecule has 2 aromatic carbocycles. The van der Waals surface area contributed by atoms with Gasteiger partial charge in [0.05, 0.1) is 0 Å². The number of carbonyl (C=O) groups is 2. The van der Waals surface area contributed by atoms with E-state index in [0.29, 0.717) is 19.5 Å². The quantitative estimate of drug-likeness (QED) is 0.833. The van der Waals surface area contributed by atoms with Crippen LogP contribution in [0.25, 0.3) is 0 Å². The van der Waals surface area contributed by atoms with Crippen molar-refractivity contribution in [2.24, 2.45) is 0 Å². The third kappa shape index (κ3) is 4.27. The molecule has 2 aliphatic heterocycles. The Bertz CT molecular complexity index is 905. The third-order valence-electron chi connectivity index (χ3n) is 6.21. The Hall–Kier alpha value is -3.02. The van der Waals surface area contributed by atoms with Crippen molar-refractivity contribution in [1.29, 1.82) is 0 Å². The summed E-state index contributed by atoms with van der Waals surface area (Å²) in [5.74, 6) is 1.14. The standard InChI is InChI=1S/C24H29N3O3/c1-26(2)22(28)16-18-17-24(30-21-11-7-6-10-20(18)21)12-14-27(15-13-24)23(29)25-19-8-4-3-5-9-19/h3-11,18H,12-17H2,1-2H3,(H,25,29)/t18-/m1/s1. The number of benzene rings is 2. The zero-order chi connectivity index (χ0) is 21.1. The van der Waals surface area contributed by atoms with Crippen LogP contribution in [0.3, 0.4) is 0 Å². The smallest absolute Gasteiger partial charge is 0.321 e. The molecule has 1 fully saturated rings. The number of nitrogens with zero attached hydrogens (tertiary/aromatic N) is 2. The van der Waals surface area contributed by atoms with Crippen LogP contribution in [-0.4, -0.2) is 54.5 Å². The van der Waals surface area contributed by atoms with E-state index in [0.717, 1.165) is 36.3 Å². The second-order valence-electron chi connectivity index (χ2n) is 8.50. The lowest BCUT2D eigenvalue weighted by atomic mass is 9.76. The zero-order valence-corrected chi connectivity index (χ0v) is 17.6. The summed E-state index contributed by atoms with van der Waals surface area (Å²) in [5.41, 5.74) is 1.59. The molecule has 6 heteroatoms. The second-order valence-corrected chi connectivity index (χ2v) is 8.50. The van der Waals surface area contributed by atoms with Gasteiger partial charge in [-0.05, 0) is 30.2 Å². The van der Waals surface area contributed by atoms with E-state index in [2.05, 4.69) is 11.4 Å². The summed E-state index contributed by atoms with van der Waals surface area (Å²) in [6, 6.07) is 17.5. The topological polar surface area (TPSA) is 61.9 Å². The molecule has 2 aromatic rings. The number of anilines is 1. The van der Waals surface area contributed by atoms with Crippen molar-refractivity contribution in [2.75, 3.05) is 32.5 Å². The summed E-state index contributed by atoms with van der Waals surface area (Å²) in [7, 11) is 3.60. The zero-order valence-electron chi connectivity index (χ0n) is 17.6. The van der Waals surface area contributed by atoms with Crippen molar-refractivity contribution >= 4 is 17.6 Å². The lowest BCUT2D eigenvalue weighted by Gasteiger charge is -2.47. The highest BCUT2D eigenvalue weighted by Crippen LogP contribution is 2.46. The van der Waals surface area contributed by atoms with Gasteiger partial charge in [-0.3, -0.25) is 4.79 Å². The van der Waals surface area contributed by atoms with E-state index in [1.807, 2.05) is 53.4 Å². The third-order valence-corrected chi connectivity index (χ3v) is 6.21. The summed E-state index contributed by atoms with van der Waals surface area (Å²) in [5, 5.41) is 2.96. The molecule has 6 nitrogen and oxygen atoms in total. The predicted molar refractivity (Wildman–Crippen MR) is 117 cm³/mol. The summed E-state index contributed by atoms with van der Waals surface area (Å²) < 4.78 is 6.50. The Morgan fingerprint density at radius 2 is 1.73 bits per heavy atom. The molecule has 2 heterocycles. The fraction of sp³-hybridized carbons (Fsp3) is 0.417. The molecule has 1 atom stereocenters. The number of rotatable bonds is 3. The fourth-order valence-corrected chi connectivity index (χ4v) is 4.47. The number of carbonyl (C=O) groups excluding carboxylic acids is 2. The molecule has 0 unspecified atom stereocenters. The number of para-hydroxylation sites is 2. The Kier molecular flexibility index (Phi) is 5.66. The molecule has 0 bridgehead atoms. The first kappa shape index (κ1) is 20.3. The number of ether oxygens (including phenoxy) is 1. The van der Waals surface area contributed by atoms with Crippen LogP contribution in [0.4, 0.5) is 10.5 Å². The predicted octanol–water partition coefficient (Wildman–Crippen LogP) is 4.10. The van der Waals surface area contributed by atoms with Gasteiger partial charge in [-0.2, -0.15) is 0 Å². The normalized spacial score (nSPS) is 19.5. The molecule has 0 radical (unpaired) electrons. The minimum Gasteiger partial charge on any atom is -0.487 e. The molecule has 4 rings (SSSR count). The first-order valence-electron chi connectivity index (χ1n) is 10.5. The van der Waals surface area contributed by atoms with Gasteiger partial charge in [0.15, 0.2) is 0 Å². The number of urea groups is 1. The monoisotopic (exact) mass is 407 g/mol. The molecular weight excluding hydrogens is 378 g/mol. The van der Waals surface area contributed by atoms with Crippen LogP contribution in [0, 0.1) is 0 Å². The van der Waals surface area contributed by atoms with E-state index in [4.69, 9.17) is 4.74 Å². The van der Waals surface area contributed by atoms with Crippen LogP contribution < -0.4 is 10.1 Å². The Labute approximate surface area is 177 Å². The molecule has 0 saturated carbocycles. The molecule has 3 amide bonds. The van der Waals surface area contributed by atoms with Gasteiger partial charge < -0.3 is 19.9 Å². The van der Waals surface area contributed by atoms with Gasteiger partial charge in [-0.25, -0.2) is 4.79 Å². The van der Waals surface area contributed by atoms with Crippen LogP contribution >= 0.6 is 0 Å². The van der Waals surface area contributed by atoms with E-state index >= 15 is 0 Å². The van der Waals surface area contributed by atoms with Crippen LogP contribution in [-0.2, 0) is 4.79 Å². The maximum absolute atomic E-state index is 12.6. The highest BCUT2D eigenvalue weighted by molar-refractivity contribution is 5.89. The highest BCUT2D eigenvalue weighted by atomic mass is 16.5. The Balaban J connectivity index is 1.45. The number of likely N-dealkylation sites (tertiary alicyclic amines) is 1. The maximum atomic E-state index is 12.6. The van der Waals surface area contributed by atoms with Gasteiger partial charge in [0.25, 0.3) is 0 Å². The average Bonchev–Trinajstić information content (AvgIpc) is 2.75. The van der Waals surface area contributed by atoms with E-state index in [1.54, 1.807) is 19.0 Å². The second kappa shape index (κ2) is 8.38. The molecule has 1 saturated heterocycles. The molecule has 1 spiro atoms. The van der Waals surface area contributed by atoms with Crippen molar-refractivity contribution in [1.82, 2.24) is 9.80 Å². The number of hydrogen-bond donors (Lipinski definition) is 1. The molecule has 2 aliphatic rings. The summed E-state index contributed by atoms with van der Waals surface area (Å²) >= 11 is 0. The minimum absolute atomic E-state index is 0.0772. The lowest BCUT2D eigenvalue weighted by molar-refractivity contribution is -0.129. The van der Waals surface area contributed by atoms with Gasteiger partial charge in [0.2, 0.25) is 5.91 Å². The number of amides is 3. The fourth-order valence-electron chi connectivity index (χ4n) is 4.47. The number of hydrogen-bond acceptors (Lipinski definition) is 3. The summed E-state index contributed by atoms with van der Waals surface area (Å²) in [6.45, 7) is 1.27. The Morgan fingerprint density at radius 1 is 1.07 bits per heavy atom. The first-order chi connectivity index (χ1) is 14.5. The van der Waals surface area contributed by atoms with Gasteiger partial charge in [0, 0.05) is 58.1 Å². The van der Waals surface area contributed by atoms with Gasteiger partial charge in [-0.1, -0.05) is 36.4 Å². The van der Waals surface area contributed by atoms with E-state index in [1.165, 1.54) is 0 Å². The van der Waals surface area contributed by atoms with E-state index < -0.39 is 0 Å². The van der Waals surface area contributed by atoms with Crippen molar-refractivity contribution in [3.05, 3.63) is 60.2 Å². The molecule has 1 N–H and O–H groups in total. The van der Waals surface area contributed by atoms with Gasteiger partial charge in [-0.15, -0.1) is 0 Å². The highest BCUT2D eigenvalue weighted by Gasteiger charge is 2.44. The molecule has 0 aliphatic carbocycles. The van der Waals surface area contributed by atoms with Crippen LogP contribution in [0.1, 0.15) is 37.2 Å². The van der Waals surface area contributed by atoms with Crippen molar-refractivity contribution in [2.45, 2.75) is 37.2 Å². The van der Waals surface area contributed by atoms with E-state index in [-0.39, 0.29) is 23.5 Å². The van der Waals surface area contributed by atoms with Gasteiger partial charge >= 0.3 is 6.03 Å². The van der Waals surface area contributed by atoms with Crippen LogP contribution in [0.2, 0.25) is 0 Å². The SMILES string of the molecule is CN(C)C(=O)C[C@@H]1CC2(CCN(C(=O)Nc3ccccc3)CC2)Oc2ccccc21. The molecule has 158 valence electrons. The summed E-state index contributed by atoms with van der Waals surface area (Å²) in [6.07, 6.45) is 2.80. The number of fused-ring (bicyclic) bond motifs is 1. The lowest BCUT2D eigenvalue weighted by Crippen LogP contribution is -2.52. The minimum atomic E-state index is -0.324. The van der Waals surface area contributed by atoms with Crippen molar-refractivity contribution < 1.29 is 14.3 Å². The summed E-state index contributed by atoms with van der Waals surface area (Å²) in [4.78, 5) is 28.6. The van der Waals surface area contributed by atoms with Crippen molar-refractivity contribution in [3.8, 4) is 5.75 Å². The Morgan fingerprint density at radius 3 is 2.43 bits per heavy atom. The number of piperidine rings is 1. The van der Waals surface area contributed by atoms with Crippen LogP contribution in [0.15, 0.2) is 54.6 Å². The van der Waals surface area contributed by atoms with E-state index in [9.17, 15) is 9.59 Å². The first-order valence-corrected chi connectivity index (χ1v) is 10.5. The molecular formula is C24H29N3O3.